The Bertz CT molecular complexity index is 220. The first kappa shape index (κ1) is 9.19. The van der Waals surface area contributed by atoms with Crippen LogP contribution in [0.25, 0.3) is 0 Å². The molecule has 0 spiro atoms. The molecule has 11 heavy (non-hydrogen) atoms. The maximum atomic E-state index is 5.38. The number of nitrogens with two attached hydrogens (primary N) is 1. The highest BCUT2D eigenvalue weighted by Crippen LogP contribution is 2.29. The van der Waals surface area contributed by atoms with Crippen molar-refractivity contribution in [3.05, 3.63) is 20.8 Å². The first-order valence-electron chi connectivity index (χ1n) is 3.48. The van der Waals surface area contributed by atoms with E-state index in [0.29, 0.717) is 0 Å². The van der Waals surface area contributed by atoms with Gasteiger partial charge in [0, 0.05) is 9.35 Å². The summed E-state index contributed by atoms with van der Waals surface area (Å²) in [5, 5.41) is 2.05. The molecule has 0 aromatic carbocycles. The fraction of sp³-hybridized carbons (Fsp3) is 0.429. The smallest absolute Gasteiger partial charge is 0.0562 e. The minimum Gasteiger partial charge on any atom is -0.271 e. The Labute approximate surface area is 78.9 Å². The third kappa shape index (κ3) is 2.02. The van der Waals surface area contributed by atoms with E-state index in [1.807, 2.05) is 6.07 Å². The molecule has 4 heteroatoms. The van der Waals surface area contributed by atoms with Crippen LogP contribution >= 0.6 is 27.3 Å². The summed E-state index contributed by atoms with van der Waals surface area (Å²) in [5.41, 5.74) is 2.78. The van der Waals surface area contributed by atoms with Gasteiger partial charge in [0.2, 0.25) is 0 Å². The third-order valence-corrected chi connectivity index (χ3v) is 3.56. The van der Waals surface area contributed by atoms with E-state index in [1.165, 1.54) is 4.88 Å². The highest BCUT2D eigenvalue weighted by atomic mass is 79.9. The Balaban J connectivity index is 2.81. The number of hydrogen-bond acceptors (Lipinski definition) is 3. The topological polar surface area (TPSA) is 38.0 Å². The molecule has 0 fully saturated rings. The maximum Gasteiger partial charge on any atom is 0.0562 e. The van der Waals surface area contributed by atoms with Gasteiger partial charge in [0.25, 0.3) is 0 Å². The number of rotatable bonds is 3. The average molecular weight is 235 g/mol. The second kappa shape index (κ2) is 4.21. The van der Waals surface area contributed by atoms with Crippen molar-refractivity contribution < 1.29 is 0 Å². The molecule has 0 aliphatic carbocycles. The summed E-state index contributed by atoms with van der Waals surface area (Å²) < 4.78 is 1.15. The third-order valence-electron chi connectivity index (χ3n) is 1.57. The van der Waals surface area contributed by atoms with Gasteiger partial charge in [0.05, 0.1) is 6.04 Å². The molecule has 1 atom stereocenters. The summed E-state index contributed by atoms with van der Waals surface area (Å²) in [5.74, 6) is 5.38. The van der Waals surface area contributed by atoms with E-state index in [4.69, 9.17) is 5.84 Å². The molecular weight excluding hydrogens is 224 g/mol. The number of halogens is 1. The molecule has 1 unspecified atom stereocenters. The van der Waals surface area contributed by atoms with E-state index >= 15 is 0 Å². The second-order valence-electron chi connectivity index (χ2n) is 2.26. The minimum absolute atomic E-state index is 0.282. The standard InChI is InChI=1S/C7H11BrN2S/c1-2-6(10-9)7-5(8)3-4-11-7/h3-4,6,10H,2,9H2,1H3. The fourth-order valence-corrected chi connectivity index (χ4v) is 2.73. The first-order chi connectivity index (χ1) is 5.29. The van der Waals surface area contributed by atoms with Gasteiger partial charge in [-0.3, -0.25) is 11.3 Å². The van der Waals surface area contributed by atoms with Crippen LogP contribution in [-0.4, -0.2) is 0 Å². The van der Waals surface area contributed by atoms with Crippen LogP contribution in [0.3, 0.4) is 0 Å². The molecule has 0 aliphatic heterocycles. The lowest BCUT2D eigenvalue weighted by atomic mass is 10.2. The maximum absolute atomic E-state index is 5.38. The summed E-state index contributed by atoms with van der Waals surface area (Å²) in [7, 11) is 0. The molecule has 1 aromatic rings. The van der Waals surface area contributed by atoms with Gasteiger partial charge in [0.15, 0.2) is 0 Å². The molecule has 1 heterocycles. The highest BCUT2D eigenvalue weighted by Gasteiger charge is 2.11. The summed E-state index contributed by atoms with van der Waals surface area (Å²) in [4.78, 5) is 1.27. The lowest BCUT2D eigenvalue weighted by Crippen LogP contribution is -2.26. The van der Waals surface area contributed by atoms with Crippen LogP contribution in [0.5, 0.6) is 0 Å². The molecule has 0 amide bonds. The van der Waals surface area contributed by atoms with Crippen molar-refractivity contribution in [1.29, 1.82) is 0 Å². The van der Waals surface area contributed by atoms with Crippen molar-refractivity contribution in [3.63, 3.8) is 0 Å². The second-order valence-corrected chi connectivity index (χ2v) is 4.06. The Kier molecular flexibility index (Phi) is 3.51. The van der Waals surface area contributed by atoms with Crippen molar-refractivity contribution in [3.8, 4) is 0 Å². The summed E-state index contributed by atoms with van der Waals surface area (Å²) >= 11 is 5.18. The van der Waals surface area contributed by atoms with Crippen LogP contribution < -0.4 is 11.3 Å². The van der Waals surface area contributed by atoms with Gasteiger partial charge in [-0.25, -0.2) is 0 Å². The summed E-state index contributed by atoms with van der Waals surface area (Å²) in [6, 6.07) is 2.32. The normalized spacial score (nSPS) is 13.4. The SMILES string of the molecule is CCC(NN)c1sccc1Br. The zero-order valence-electron chi connectivity index (χ0n) is 6.30. The van der Waals surface area contributed by atoms with E-state index in [0.717, 1.165) is 10.9 Å². The first-order valence-corrected chi connectivity index (χ1v) is 5.15. The van der Waals surface area contributed by atoms with E-state index in [2.05, 4.69) is 33.7 Å². The van der Waals surface area contributed by atoms with Crippen LogP contribution in [0, 0.1) is 0 Å². The molecule has 0 radical (unpaired) electrons. The zero-order chi connectivity index (χ0) is 8.27. The molecule has 1 aromatic heterocycles. The van der Waals surface area contributed by atoms with Crippen molar-refractivity contribution >= 4 is 27.3 Å². The van der Waals surface area contributed by atoms with E-state index in [-0.39, 0.29) is 6.04 Å². The van der Waals surface area contributed by atoms with Gasteiger partial charge in [-0.2, -0.15) is 0 Å². The largest absolute Gasteiger partial charge is 0.271 e. The predicted octanol–water partition coefficient (Wildman–Crippen LogP) is 2.43. The van der Waals surface area contributed by atoms with Crippen molar-refractivity contribution in [2.45, 2.75) is 19.4 Å². The number of nitrogens with one attached hydrogen (secondary N) is 1. The Morgan fingerprint density at radius 2 is 2.55 bits per heavy atom. The monoisotopic (exact) mass is 234 g/mol. The molecule has 2 nitrogen and oxygen atoms in total. The fourth-order valence-electron chi connectivity index (χ4n) is 0.933. The lowest BCUT2D eigenvalue weighted by molar-refractivity contribution is 0.546. The number of thiophene rings is 1. The zero-order valence-corrected chi connectivity index (χ0v) is 8.71. The van der Waals surface area contributed by atoms with Crippen LogP contribution in [-0.2, 0) is 0 Å². The minimum atomic E-state index is 0.282. The van der Waals surface area contributed by atoms with E-state index < -0.39 is 0 Å². The van der Waals surface area contributed by atoms with Gasteiger partial charge < -0.3 is 0 Å². The van der Waals surface area contributed by atoms with Crippen molar-refractivity contribution in [2.24, 2.45) is 5.84 Å². The van der Waals surface area contributed by atoms with Crippen LogP contribution in [0.1, 0.15) is 24.3 Å². The van der Waals surface area contributed by atoms with Crippen molar-refractivity contribution in [1.82, 2.24) is 5.43 Å². The lowest BCUT2D eigenvalue weighted by Gasteiger charge is -2.11. The Morgan fingerprint density at radius 1 is 1.82 bits per heavy atom. The average Bonchev–Trinajstić information content (AvgIpc) is 2.40. The molecule has 0 aliphatic rings. The molecule has 0 saturated heterocycles. The molecular formula is C7H11BrN2S. The Hall–Kier alpha value is 0.100. The van der Waals surface area contributed by atoms with Crippen LogP contribution in [0.2, 0.25) is 0 Å². The van der Waals surface area contributed by atoms with Crippen LogP contribution in [0.15, 0.2) is 15.9 Å². The van der Waals surface area contributed by atoms with E-state index in [9.17, 15) is 0 Å². The quantitative estimate of drug-likeness (QED) is 0.623. The summed E-state index contributed by atoms with van der Waals surface area (Å²) in [6.45, 7) is 2.11. The van der Waals surface area contributed by atoms with Gasteiger partial charge in [-0.15, -0.1) is 11.3 Å². The van der Waals surface area contributed by atoms with Gasteiger partial charge >= 0.3 is 0 Å². The Morgan fingerprint density at radius 3 is 2.91 bits per heavy atom. The van der Waals surface area contributed by atoms with E-state index in [1.54, 1.807) is 11.3 Å². The summed E-state index contributed by atoms with van der Waals surface area (Å²) in [6.07, 6.45) is 1.01. The van der Waals surface area contributed by atoms with Gasteiger partial charge in [-0.1, -0.05) is 6.92 Å². The highest BCUT2D eigenvalue weighted by molar-refractivity contribution is 9.10. The van der Waals surface area contributed by atoms with Crippen LogP contribution in [0.4, 0.5) is 0 Å². The molecule has 3 N–H and O–H groups in total. The molecule has 0 bridgehead atoms. The molecule has 1 rings (SSSR count). The van der Waals surface area contributed by atoms with Gasteiger partial charge in [-0.05, 0) is 33.8 Å². The van der Waals surface area contributed by atoms with Crippen molar-refractivity contribution in [2.75, 3.05) is 0 Å². The predicted molar refractivity (Wildman–Crippen MR) is 52.4 cm³/mol. The molecule has 62 valence electrons. The number of hydrazine groups is 1. The van der Waals surface area contributed by atoms with Gasteiger partial charge in [0.1, 0.15) is 0 Å². The number of hydrogen-bond donors (Lipinski definition) is 2. The molecule has 0 saturated carbocycles.